The van der Waals surface area contributed by atoms with Gasteiger partial charge >= 0.3 is 6.03 Å². The Labute approximate surface area is 188 Å². The Balaban J connectivity index is 1.46. The number of rotatable bonds is 4. The van der Waals surface area contributed by atoms with Crippen molar-refractivity contribution in [2.75, 3.05) is 4.90 Å². The minimum absolute atomic E-state index is 0.128. The summed E-state index contributed by atoms with van der Waals surface area (Å²) in [6, 6.07) is 21.5. The monoisotopic (exact) mass is 439 g/mol. The summed E-state index contributed by atoms with van der Waals surface area (Å²) < 4.78 is 15.5. The lowest BCUT2D eigenvalue weighted by Gasteiger charge is -2.26. The molecule has 1 N–H and O–H groups in total. The molecule has 33 heavy (non-hydrogen) atoms. The van der Waals surface area contributed by atoms with E-state index in [9.17, 15) is 18.8 Å². The van der Waals surface area contributed by atoms with Crippen LogP contribution in [-0.4, -0.2) is 22.4 Å². The molecule has 5 rings (SSSR count). The van der Waals surface area contributed by atoms with Crippen LogP contribution in [-0.2, 0) is 16.1 Å². The maximum absolute atomic E-state index is 13.5. The fourth-order valence-corrected chi connectivity index (χ4v) is 3.91. The van der Waals surface area contributed by atoms with Gasteiger partial charge in [-0.05, 0) is 59.7 Å². The van der Waals surface area contributed by atoms with Gasteiger partial charge in [-0.2, -0.15) is 0 Å². The Morgan fingerprint density at radius 1 is 0.879 bits per heavy atom. The van der Waals surface area contributed by atoms with Gasteiger partial charge in [0.25, 0.3) is 11.8 Å². The zero-order valence-corrected chi connectivity index (χ0v) is 17.4. The molecule has 0 radical (unpaired) electrons. The van der Waals surface area contributed by atoms with Crippen LogP contribution in [0.25, 0.3) is 17.0 Å². The lowest BCUT2D eigenvalue weighted by Crippen LogP contribution is -2.54. The molecule has 1 aliphatic heterocycles. The number of halogens is 1. The van der Waals surface area contributed by atoms with E-state index in [0.717, 1.165) is 21.4 Å². The highest BCUT2D eigenvalue weighted by Crippen LogP contribution is 2.24. The lowest BCUT2D eigenvalue weighted by molar-refractivity contribution is -0.122. The normalized spacial score (nSPS) is 15.4. The number of imide groups is 2. The maximum Gasteiger partial charge on any atom is 0.335 e. The van der Waals surface area contributed by atoms with Crippen molar-refractivity contribution in [3.8, 4) is 0 Å². The molecule has 0 unspecified atom stereocenters. The van der Waals surface area contributed by atoms with Crippen molar-refractivity contribution in [3.05, 3.63) is 108 Å². The summed E-state index contributed by atoms with van der Waals surface area (Å²) in [6.07, 6.45) is 3.38. The van der Waals surface area contributed by atoms with Crippen LogP contribution in [0.4, 0.5) is 14.9 Å². The van der Waals surface area contributed by atoms with Crippen LogP contribution in [0.5, 0.6) is 0 Å². The van der Waals surface area contributed by atoms with Gasteiger partial charge in [-0.3, -0.25) is 14.9 Å². The Hall–Kier alpha value is -4.52. The van der Waals surface area contributed by atoms with Gasteiger partial charge in [0.1, 0.15) is 11.4 Å². The van der Waals surface area contributed by atoms with Gasteiger partial charge in [-0.15, -0.1) is 0 Å². The number of nitrogens with zero attached hydrogens (tertiary/aromatic N) is 2. The second-order valence-corrected chi connectivity index (χ2v) is 7.69. The van der Waals surface area contributed by atoms with E-state index in [1.54, 1.807) is 42.5 Å². The van der Waals surface area contributed by atoms with E-state index in [2.05, 4.69) is 5.32 Å². The molecule has 2 heterocycles. The molecule has 3 aromatic carbocycles. The average Bonchev–Trinajstić information content (AvgIpc) is 3.19. The Kier molecular flexibility index (Phi) is 5.06. The number of carbonyl (C=O) groups is 3. The van der Waals surface area contributed by atoms with E-state index in [0.29, 0.717) is 17.8 Å². The number of urea groups is 1. The van der Waals surface area contributed by atoms with Crippen molar-refractivity contribution in [1.29, 1.82) is 0 Å². The quantitative estimate of drug-likeness (QED) is 0.376. The predicted molar refractivity (Wildman–Crippen MR) is 123 cm³/mol. The first-order chi connectivity index (χ1) is 16.0. The topological polar surface area (TPSA) is 71.4 Å². The summed E-state index contributed by atoms with van der Waals surface area (Å²) in [7, 11) is 0. The van der Waals surface area contributed by atoms with Crippen molar-refractivity contribution < 1.29 is 18.8 Å². The summed E-state index contributed by atoms with van der Waals surface area (Å²) in [5.41, 5.74) is 2.67. The molecule has 6 nitrogen and oxygen atoms in total. The number of amides is 4. The Morgan fingerprint density at radius 2 is 1.70 bits per heavy atom. The fraction of sp³-hybridized carbons (Fsp3) is 0.0385. The standard InChI is InChI=1S/C26H18FN3O3/c27-20-6-4-5-18(14-20)16-29-12-11-19-13-17(9-10-23(19)29)15-22-24(31)28-26(33)30(25(22)32)21-7-2-1-3-8-21/h1-15H,16H2,(H,28,31,33)/b22-15-. The van der Waals surface area contributed by atoms with Crippen molar-refractivity contribution in [1.82, 2.24) is 9.88 Å². The Morgan fingerprint density at radius 3 is 2.48 bits per heavy atom. The highest BCUT2D eigenvalue weighted by molar-refractivity contribution is 6.39. The number of anilines is 1. The van der Waals surface area contributed by atoms with E-state index in [1.807, 2.05) is 35.0 Å². The molecule has 4 amide bonds. The van der Waals surface area contributed by atoms with E-state index in [4.69, 9.17) is 0 Å². The van der Waals surface area contributed by atoms with E-state index in [1.165, 1.54) is 18.2 Å². The molecule has 0 atom stereocenters. The molecule has 0 saturated carbocycles. The second-order valence-electron chi connectivity index (χ2n) is 7.69. The van der Waals surface area contributed by atoms with Gasteiger partial charge < -0.3 is 4.57 Å². The van der Waals surface area contributed by atoms with Crippen LogP contribution in [0.3, 0.4) is 0 Å². The van der Waals surface area contributed by atoms with Crippen molar-refractivity contribution in [2.45, 2.75) is 6.54 Å². The van der Waals surface area contributed by atoms with Crippen LogP contribution in [0.2, 0.25) is 0 Å². The van der Waals surface area contributed by atoms with Gasteiger partial charge in [0, 0.05) is 23.6 Å². The number of hydrogen-bond acceptors (Lipinski definition) is 3. The van der Waals surface area contributed by atoms with Crippen molar-refractivity contribution >= 4 is 40.5 Å². The van der Waals surface area contributed by atoms with Gasteiger partial charge in [-0.25, -0.2) is 14.1 Å². The minimum atomic E-state index is -0.779. The van der Waals surface area contributed by atoms with Gasteiger partial charge in [-0.1, -0.05) is 36.4 Å². The summed E-state index contributed by atoms with van der Waals surface area (Å²) in [4.78, 5) is 38.6. The molecule has 1 aromatic heterocycles. The highest BCUT2D eigenvalue weighted by Gasteiger charge is 2.36. The van der Waals surface area contributed by atoms with Gasteiger partial charge in [0.05, 0.1) is 5.69 Å². The van der Waals surface area contributed by atoms with E-state index < -0.39 is 17.8 Å². The number of para-hydroxylation sites is 1. The van der Waals surface area contributed by atoms with Gasteiger partial charge in [0.2, 0.25) is 0 Å². The third-order valence-electron chi connectivity index (χ3n) is 5.46. The number of barbiturate groups is 1. The molecular weight excluding hydrogens is 421 g/mol. The first kappa shape index (κ1) is 20.4. The summed E-state index contributed by atoms with van der Waals surface area (Å²) in [5, 5.41) is 3.13. The third-order valence-corrected chi connectivity index (χ3v) is 5.46. The molecule has 4 aromatic rings. The van der Waals surface area contributed by atoms with Crippen LogP contribution in [0, 0.1) is 5.82 Å². The molecule has 162 valence electrons. The molecule has 0 spiro atoms. The van der Waals surface area contributed by atoms with Crippen LogP contribution in [0.15, 0.2) is 90.6 Å². The first-order valence-corrected chi connectivity index (χ1v) is 10.3. The number of nitrogens with one attached hydrogen (secondary N) is 1. The first-order valence-electron chi connectivity index (χ1n) is 10.3. The molecule has 0 bridgehead atoms. The number of benzene rings is 3. The van der Waals surface area contributed by atoms with Crippen molar-refractivity contribution in [2.24, 2.45) is 0 Å². The highest BCUT2D eigenvalue weighted by atomic mass is 19.1. The van der Waals surface area contributed by atoms with Crippen LogP contribution >= 0.6 is 0 Å². The molecule has 7 heteroatoms. The number of aromatic nitrogens is 1. The zero-order valence-electron chi connectivity index (χ0n) is 17.4. The minimum Gasteiger partial charge on any atom is -0.343 e. The number of fused-ring (bicyclic) bond motifs is 1. The van der Waals surface area contributed by atoms with E-state index >= 15 is 0 Å². The fourth-order valence-electron chi connectivity index (χ4n) is 3.91. The molecule has 1 aliphatic rings. The number of hydrogen-bond donors (Lipinski definition) is 1. The summed E-state index contributed by atoms with van der Waals surface area (Å²) in [6.45, 7) is 0.511. The molecule has 0 aliphatic carbocycles. The second kappa shape index (κ2) is 8.20. The smallest absolute Gasteiger partial charge is 0.335 e. The van der Waals surface area contributed by atoms with Crippen LogP contribution in [0.1, 0.15) is 11.1 Å². The van der Waals surface area contributed by atoms with E-state index in [-0.39, 0.29) is 11.4 Å². The van der Waals surface area contributed by atoms with Crippen molar-refractivity contribution in [3.63, 3.8) is 0 Å². The lowest BCUT2D eigenvalue weighted by atomic mass is 10.1. The molecule has 1 saturated heterocycles. The maximum atomic E-state index is 13.5. The van der Waals surface area contributed by atoms with Crippen LogP contribution < -0.4 is 10.2 Å². The molecular formula is C26H18FN3O3. The number of carbonyl (C=O) groups excluding carboxylic acids is 3. The summed E-state index contributed by atoms with van der Waals surface area (Å²) in [5.74, 6) is -1.70. The zero-order chi connectivity index (χ0) is 22.9. The third kappa shape index (κ3) is 3.92. The average molecular weight is 439 g/mol. The van der Waals surface area contributed by atoms with Gasteiger partial charge in [0.15, 0.2) is 0 Å². The predicted octanol–water partition coefficient (Wildman–Crippen LogP) is 4.50. The largest absolute Gasteiger partial charge is 0.343 e. The Bertz CT molecular complexity index is 1440. The summed E-state index contributed by atoms with van der Waals surface area (Å²) >= 11 is 0. The SMILES string of the molecule is O=C1NC(=O)N(c2ccccc2)C(=O)/C1=C\c1ccc2c(ccn2Cc2cccc(F)c2)c1. The molecule has 1 fully saturated rings.